The summed E-state index contributed by atoms with van der Waals surface area (Å²) in [5.41, 5.74) is 0.461. The first kappa shape index (κ1) is 17.5. The normalized spacial score (nSPS) is 15.2. The van der Waals surface area contributed by atoms with Gasteiger partial charge in [-0.05, 0) is 24.3 Å². The summed E-state index contributed by atoms with van der Waals surface area (Å²) in [6, 6.07) is 11.7. The van der Waals surface area contributed by atoms with Crippen molar-refractivity contribution in [3.05, 3.63) is 58.1 Å². The van der Waals surface area contributed by atoms with Gasteiger partial charge in [-0.1, -0.05) is 12.1 Å². The van der Waals surface area contributed by atoms with Crippen molar-refractivity contribution in [2.75, 3.05) is 32.6 Å². The van der Waals surface area contributed by atoms with E-state index in [9.17, 15) is 14.9 Å². The highest BCUT2D eigenvalue weighted by Crippen LogP contribution is 2.31. The molecule has 1 aliphatic heterocycles. The molecule has 3 rings (SSSR count). The number of benzene rings is 2. The molecular weight excluding hydrogens is 338 g/mol. The van der Waals surface area contributed by atoms with Crippen LogP contribution in [0.1, 0.15) is 10.4 Å². The first-order chi connectivity index (χ1) is 12.5. The average molecular weight is 357 g/mol. The van der Waals surface area contributed by atoms with Crippen molar-refractivity contribution in [3.8, 4) is 11.5 Å². The van der Waals surface area contributed by atoms with Crippen molar-refractivity contribution in [2.24, 2.45) is 0 Å². The van der Waals surface area contributed by atoms with E-state index in [1.54, 1.807) is 20.2 Å². The van der Waals surface area contributed by atoms with Gasteiger partial charge in [0, 0.05) is 25.7 Å². The molecule has 1 aliphatic rings. The monoisotopic (exact) mass is 357 g/mol. The Morgan fingerprint density at radius 2 is 2.04 bits per heavy atom. The van der Waals surface area contributed by atoms with Gasteiger partial charge in [0.05, 0.1) is 11.5 Å². The van der Waals surface area contributed by atoms with Crippen molar-refractivity contribution in [3.63, 3.8) is 0 Å². The minimum atomic E-state index is -0.516. The molecule has 136 valence electrons. The Morgan fingerprint density at radius 3 is 2.73 bits per heavy atom. The quantitative estimate of drug-likeness (QED) is 0.653. The molecule has 0 fully saturated rings. The lowest BCUT2D eigenvalue weighted by molar-refractivity contribution is -0.384. The molecule has 8 nitrogen and oxygen atoms in total. The second kappa shape index (κ2) is 7.30. The van der Waals surface area contributed by atoms with Gasteiger partial charge in [-0.25, -0.2) is 0 Å². The van der Waals surface area contributed by atoms with Crippen molar-refractivity contribution < 1.29 is 19.2 Å². The third-order valence-electron chi connectivity index (χ3n) is 4.10. The number of carbonyl (C=O) groups excluding carboxylic acids is 1. The van der Waals surface area contributed by atoms with Crippen LogP contribution in [0.3, 0.4) is 0 Å². The molecule has 0 aliphatic carbocycles. The van der Waals surface area contributed by atoms with E-state index in [2.05, 4.69) is 5.32 Å². The molecule has 0 radical (unpaired) electrons. The van der Waals surface area contributed by atoms with E-state index in [-0.39, 0.29) is 23.3 Å². The average Bonchev–Trinajstić information content (AvgIpc) is 2.66. The summed E-state index contributed by atoms with van der Waals surface area (Å²) in [5.74, 6) is 0.993. The molecule has 0 bridgehead atoms. The van der Waals surface area contributed by atoms with Gasteiger partial charge < -0.3 is 19.7 Å². The van der Waals surface area contributed by atoms with Gasteiger partial charge in [0.1, 0.15) is 12.3 Å². The number of fused-ring (bicyclic) bond motifs is 1. The van der Waals surface area contributed by atoms with E-state index in [0.29, 0.717) is 30.3 Å². The Morgan fingerprint density at radius 1 is 1.31 bits per heavy atom. The van der Waals surface area contributed by atoms with Crippen LogP contribution in [-0.4, -0.2) is 49.1 Å². The minimum absolute atomic E-state index is 0.141. The lowest BCUT2D eigenvalue weighted by Crippen LogP contribution is -2.41. The molecule has 0 spiro atoms. The summed E-state index contributed by atoms with van der Waals surface area (Å²) < 4.78 is 11.5. The van der Waals surface area contributed by atoms with E-state index >= 15 is 0 Å². The Balaban J connectivity index is 1.71. The summed E-state index contributed by atoms with van der Waals surface area (Å²) in [6.45, 7) is 0.627. The second-order valence-electron chi connectivity index (χ2n) is 5.92. The van der Waals surface area contributed by atoms with Gasteiger partial charge in [0.15, 0.2) is 17.6 Å². The van der Waals surface area contributed by atoms with E-state index < -0.39 is 4.92 Å². The predicted octanol–water partition coefficient (Wildman–Crippen LogP) is 2.55. The number of ether oxygens (including phenoxy) is 2. The fourth-order valence-corrected chi connectivity index (χ4v) is 2.79. The molecule has 0 saturated heterocycles. The van der Waals surface area contributed by atoms with Crippen LogP contribution in [-0.2, 0) is 0 Å². The van der Waals surface area contributed by atoms with Gasteiger partial charge >= 0.3 is 0 Å². The topological polar surface area (TPSA) is 93.9 Å². The van der Waals surface area contributed by atoms with Crippen LogP contribution in [0.15, 0.2) is 42.5 Å². The Bertz CT molecular complexity index is 839. The van der Waals surface area contributed by atoms with Crippen LogP contribution in [0.25, 0.3) is 0 Å². The van der Waals surface area contributed by atoms with E-state index in [1.807, 2.05) is 24.3 Å². The van der Waals surface area contributed by atoms with Gasteiger partial charge in [0.25, 0.3) is 11.6 Å². The summed E-state index contributed by atoms with van der Waals surface area (Å²) in [6.07, 6.45) is -0.314. The summed E-state index contributed by atoms with van der Waals surface area (Å²) in [4.78, 5) is 24.7. The van der Waals surface area contributed by atoms with E-state index in [4.69, 9.17) is 9.47 Å². The number of nitro groups is 1. The van der Waals surface area contributed by atoms with Crippen LogP contribution < -0.4 is 14.8 Å². The summed E-state index contributed by atoms with van der Waals surface area (Å²) in [7, 11) is 3.22. The number of rotatable bonds is 5. The van der Waals surface area contributed by atoms with Crippen molar-refractivity contribution in [1.82, 2.24) is 4.90 Å². The highest BCUT2D eigenvalue weighted by molar-refractivity contribution is 5.95. The number of carbonyl (C=O) groups is 1. The smallest absolute Gasteiger partial charge is 0.293 e. The number of nitrogens with zero attached hydrogens (tertiary/aromatic N) is 2. The molecule has 0 aromatic heterocycles. The van der Waals surface area contributed by atoms with Gasteiger partial charge in [-0.3, -0.25) is 14.9 Å². The fourth-order valence-electron chi connectivity index (χ4n) is 2.79. The number of hydrogen-bond acceptors (Lipinski definition) is 6. The van der Waals surface area contributed by atoms with Crippen molar-refractivity contribution in [2.45, 2.75) is 6.10 Å². The molecule has 1 heterocycles. The molecule has 0 saturated carbocycles. The molecule has 1 N–H and O–H groups in total. The zero-order chi connectivity index (χ0) is 18.7. The SMILES string of the molecule is CNc1ccc(C(=O)N(C)CC2COc3ccccc3O2)cc1[N+](=O)[O-]. The molecule has 2 aromatic carbocycles. The molecule has 8 heteroatoms. The minimum Gasteiger partial charge on any atom is -0.486 e. The molecule has 1 amide bonds. The highest BCUT2D eigenvalue weighted by Gasteiger charge is 2.25. The first-order valence-corrected chi connectivity index (χ1v) is 8.09. The van der Waals surface area contributed by atoms with Crippen LogP contribution in [0.5, 0.6) is 11.5 Å². The maximum absolute atomic E-state index is 12.6. The number of hydrogen-bond donors (Lipinski definition) is 1. The van der Waals surface area contributed by atoms with Crippen LogP contribution >= 0.6 is 0 Å². The van der Waals surface area contributed by atoms with Crippen molar-refractivity contribution >= 4 is 17.3 Å². The molecule has 2 aromatic rings. The number of anilines is 1. The highest BCUT2D eigenvalue weighted by atomic mass is 16.6. The van der Waals surface area contributed by atoms with E-state index in [1.165, 1.54) is 17.0 Å². The molecular formula is C18H19N3O5. The Kier molecular flexibility index (Phi) is 4.92. The van der Waals surface area contributed by atoms with Crippen LogP contribution in [0.2, 0.25) is 0 Å². The molecule has 26 heavy (non-hydrogen) atoms. The number of nitro benzene ring substituents is 1. The number of likely N-dealkylation sites (N-methyl/N-ethyl adjacent to an activating group) is 1. The predicted molar refractivity (Wildman–Crippen MR) is 96.0 cm³/mol. The van der Waals surface area contributed by atoms with Crippen LogP contribution in [0.4, 0.5) is 11.4 Å². The standard InChI is InChI=1S/C18H19N3O5/c1-19-14-8-7-12(9-15(14)21(23)24)18(22)20(2)10-13-11-25-16-5-3-4-6-17(16)26-13/h3-9,13,19H,10-11H2,1-2H3. The third kappa shape index (κ3) is 3.53. The Hall–Kier alpha value is -3.29. The number of amides is 1. The zero-order valence-electron chi connectivity index (χ0n) is 14.5. The largest absolute Gasteiger partial charge is 0.486 e. The first-order valence-electron chi connectivity index (χ1n) is 8.09. The maximum Gasteiger partial charge on any atom is 0.293 e. The number of para-hydroxylation sites is 2. The van der Waals surface area contributed by atoms with Gasteiger partial charge in [0.2, 0.25) is 0 Å². The Labute approximate surface area is 150 Å². The lowest BCUT2D eigenvalue weighted by Gasteiger charge is -2.29. The summed E-state index contributed by atoms with van der Waals surface area (Å²) in [5, 5.41) is 13.9. The second-order valence-corrected chi connectivity index (χ2v) is 5.92. The number of nitrogens with one attached hydrogen (secondary N) is 1. The molecule has 1 atom stereocenters. The maximum atomic E-state index is 12.6. The third-order valence-corrected chi connectivity index (χ3v) is 4.10. The molecule has 1 unspecified atom stereocenters. The van der Waals surface area contributed by atoms with Gasteiger partial charge in [-0.15, -0.1) is 0 Å². The van der Waals surface area contributed by atoms with E-state index in [0.717, 1.165) is 0 Å². The summed E-state index contributed by atoms with van der Waals surface area (Å²) >= 11 is 0. The van der Waals surface area contributed by atoms with Crippen LogP contribution in [0, 0.1) is 10.1 Å². The fraction of sp³-hybridized carbons (Fsp3) is 0.278. The van der Waals surface area contributed by atoms with Gasteiger partial charge in [-0.2, -0.15) is 0 Å². The lowest BCUT2D eigenvalue weighted by atomic mass is 10.1. The zero-order valence-corrected chi connectivity index (χ0v) is 14.5. The van der Waals surface area contributed by atoms with Crippen molar-refractivity contribution in [1.29, 1.82) is 0 Å².